The van der Waals surface area contributed by atoms with E-state index in [1.54, 1.807) is 58.0 Å². The third kappa shape index (κ3) is 4.81. The second-order valence-electron chi connectivity index (χ2n) is 6.14. The van der Waals surface area contributed by atoms with Gasteiger partial charge in [-0.15, -0.1) is 0 Å². The van der Waals surface area contributed by atoms with Gasteiger partial charge in [-0.05, 0) is 27.7 Å². The van der Waals surface area contributed by atoms with Gasteiger partial charge in [0.05, 0.1) is 0 Å². The van der Waals surface area contributed by atoms with Crippen molar-refractivity contribution in [3.63, 3.8) is 0 Å². The summed E-state index contributed by atoms with van der Waals surface area (Å²) in [5.74, 6) is -3.06. The summed E-state index contributed by atoms with van der Waals surface area (Å²) in [6, 6.07) is 8.64. The molecule has 0 heterocycles. The molecule has 1 unspecified atom stereocenters. The zero-order chi connectivity index (χ0) is 16.2. The summed E-state index contributed by atoms with van der Waals surface area (Å²) in [6.45, 7) is 8.08. The maximum Gasteiger partial charge on any atom is 0.317 e. The highest BCUT2D eigenvalue weighted by molar-refractivity contribution is 6.07. The Morgan fingerprint density at radius 2 is 1.57 bits per heavy atom. The molecule has 0 aliphatic rings. The first-order valence-electron chi connectivity index (χ1n) is 6.96. The van der Waals surface area contributed by atoms with Crippen LogP contribution in [0.3, 0.4) is 0 Å². The first kappa shape index (κ1) is 17.1. The molecule has 21 heavy (non-hydrogen) atoms. The highest BCUT2D eigenvalue weighted by Crippen LogP contribution is 2.22. The highest BCUT2D eigenvalue weighted by atomic mass is 16.6. The molecule has 1 aromatic rings. The molecule has 0 aromatic heterocycles. The number of esters is 1. The Morgan fingerprint density at radius 1 is 1.05 bits per heavy atom. The standard InChI is InChI=1S/C17H22O4/c1-11(15(19)13-9-7-6-8-10-13)14(12(2)18)16(20)21-17(3,4)5/h6-11,14H,1-5H3/t11?,14-/m1/s1. The second kappa shape index (κ2) is 6.66. The summed E-state index contributed by atoms with van der Waals surface area (Å²) in [6.07, 6.45) is 0. The quantitative estimate of drug-likeness (QED) is 0.475. The minimum Gasteiger partial charge on any atom is -0.459 e. The SMILES string of the molecule is CC(=O)[C@H](C(=O)OC(C)(C)C)C(C)C(=O)c1ccccc1. The van der Waals surface area contributed by atoms with Crippen LogP contribution >= 0.6 is 0 Å². The first-order valence-corrected chi connectivity index (χ1v) is 6.96. The summed E-state index contributed by atoms with van der Waals surface area (Å²) in [4.78, 5) is 36.4. The molecule has 4 heteroatoms. The van der Waals surface area contributed by atoms with E-state index in [-0.39, 0.29) is 11.6 Å². The van der Waals surface area contributed by atoms with Crippen molar-refractivity contribution < 1.29 is 19.1 Å². The molecule has 0 saturated carbocycles. The topological polar surface area (TPSA) is 60.4 Å². The molecule has 0 aliphatic heterocycles. The average Bonchev–Trinajstić information content (AvgIpc) is 2.36. The summed E-state index contributed by atoms with van der Waals surface area (Å²) in [5, 5.41) is 0. The summed E-state index contributed by atoms with van der Waals surface area (Å²) >= 11 is 0. The monoisotopic (exact) mass is 290 g/mol. The zero-order valence-electron chi connectivity index (χ0n) is 13.2. The van der Waals surface area contributed by atoms with E-state index in [9.17, 15) is 14.4 Å². The number of ketones is 2. The summed E-state index contributed by atoms with van der Waals surface area (Å²) in [5.41, 5.74) is -0.208. The molecule has 4 nitrogen and oxygen atoms in total. The fourth-order valence-electron chi connectivity index (χ4n) is 2.10. The summed E-state index contributed by atoms with van der Waals surface area (Å²) < 4.78 is 5.26. The number of hydrogen-bond donors (Lipinski definition) is 0. The number of Topliss-reactive ketones (excluding diaryl/α,β-unsaturated/α-hetero) is 2. The largest absolute Gasteiger partial charge is 0.459 e. The average molecular weight is 290 g/mol. The molecule has 0 radical (unpaired) electrons. The molecule has 0 aliphatic carbocycles. The van der Waals surface area contributed by atoms with Crippen LogP contribution < -0.4 is 0 Å². The minimum absolute atomic E-state index is 0.235. The van der Waals surface area contributed by atoms with E-state index < -0.39 is 23.4 Å². The maximum atomic E-state index is 12.4. The van der Waals surface area contributed by atoms with Gasteiger partial charge in [-0.2, -0.15) is 0 Å². The number of rotatable bonds is 5. The lowest BCUT2D eigenvalue weighted by atomic mass is 9.84. The number of ether oxygens (including phenoxy) is 1. The smallest absolute Gasteiger partial charge is 0.317 e. The van der Waals surface area contributed by atoms with Crippen molar-refractivity contribution in [3.8, 4) is 0 Å². The van der Waals surface area contributed by atoms with Crippen molar-refractivity contribution in [2.24, 2.45) is 11.8 Å². The molecular formula is C17H22O4. The molecular weight excluding hydrogens is 268 g/mol. The van der Waals surface area contributed by atoms with Gasteiger partial charge in [-0.3, -0.25) is 14.4 Å². The van der Waals surface area contributed by atoms with Crippen LogP contribution in [0, 0.1) is 11.8 Å². The molecule has 1 aromatic carbocycles. The van der Waals surface area contributed by atoms with Gasteiger partial charge in [0.2, 0.25) is 0 Å². The van der Waals surface area contributed by atoms with E-state index in [1.807, 2.05) is 0 Å². The lowest BCUT2D eigenvalue weighted by Gasteiger charge is -2.25. The number of benzene rings is 1. The third-order valence-corrected chi connectivity index (χ3v) is 3.07. The predicted molar refractivity (Wildman–Crippen MR) is 80.0 cm³/mol. The van der Waals surface area contributed by atoms with Gasteiger partial charge in [0, 0.05) is 11.5 Å². The van der Waals surface area contributed by atoms with Crippen molar-refractivity contribution in [1.29, 1.82) is 0 Å². The molecule has 114 valence electrons. The number of carbonyl (C=O) groups is 3. The van der Waals surface area contributed by atoms with E-state index >= 15 is 0 Å². The lowest BCUT2D eigenvalue weighted by Crippen LogP contribution is -2.38. The van der Waals surface area contributed by atoms with E-state index in [0.717, 1.165) is 0 Å². The molecule has 1 rings (SSSR count). The predicted octanol–water partition coefficient (Wildman–Crippen LogP) is 3.05. The number of hydrogen-bond acceptors (Lipinski definition) is 4. The first-order chi connectivity index (χ1) is 9.63. The Labute approximate surface area is 125 Å². The Bertz CT molecular complexity index is 525. The molecule has 0 spiro atoms. The van der Waals surface area contributed by atoms with Crippen LogP contribution in [-0.4, -0.2) is 23.1 Å². The number of carbonyl (C=O) groups excluding carboxylic acids is 3. The fourth-order valence-corrected chi connectivity index (χ4v) is 2.10. The van der Waals surface area contributed by atoms with Crippen molar-refractivity contribution >= 4 is 17.5 Å². The zero-order valence-corrected chi connectivity index (χ0v) is 13.2. The highest BCUT2D eigenvalue weighted by Gasteiger charge is 2.37. The molecule has 0 amide bonds. The molecule has 2 atom stereocenters. The Hall–Kier alpha value is -1.97. The van der Waals surface area contributed by atoms with Gasteiger partial charge in [0.25, 0.3) is 0 Å². The Balaban J connectivity index is 2.98. The van der Waals surface area contributed by atoms with Crippen molar-refractivity contribution in [2.45, 2.75) is 40.2 Å². The fraction of sp³-hybridized carbons (Fsp3) is 0.471. The van der Waals surface area contributed by atoms with Crippen LogP contribution in [0.15, 0.2) is 30.3 Å². The Kier molecular flexibility index (Phi) is 5.41. The van der Waals surface area contributed by atoms with Crippen molar-refractivity contribution in [2.75, 3.05) is 0 Å². The van der Waals surface area contributed by atoms with Crippen LogP contribution in [-0.2, 0) is 14.3 Å². The van der Waals surface area contributed by atoms with Crippen LogP contribution in [0.4, 0.5) is 0 Å². The van der Waals surface area contributed by atoms with E-state index in [4.69, 9.17) is 4.74 Å². The van der Waals surface area contributed by atoms with Gasteiger partial charge < -0.3 is 4.74 Å². The van der Waals surface area contributed by atoms with Gasteiger partial charge in [-0.25, -0.2) is 0 Å². The van der Waals surface area contributed by atoms with Gasteiger partial charge in [-0.1, -0.05) is 37.3 Å². The normalized spacial score (nSPS) is 14.1. The van der Waals surface area contributed by atoms with Crippen LogP contribution in [0.1, 0.15) is 45.0 Å². The van der Waals surface area contributed by atoms with Gasteiger partial charge in [0.1, 0.15) is 17.3 Å². The third-order valence-electron chi connectivity index (χ3n) is 3.07. The second-order valence-corrected chi connectivity index (χ2v) is 6.14. The van der Waals surface area contributed by atoms with E-state index in [1.165, 1.54) is 6.92 Å². The Morgan fingerprint density at radius 3 is 2.00 bits per heavy atom. The molecule has 0 saturated heterocycles. The van der Waals surface area contributed by atoms with E-state index in [0.29, 0.717) is 5.56 Å². The van der Waals surface area contributed by atoms with Gasteiger partial charge in [0.15, 0.2) is 5.78 Å². The summed E-state index contributed by atoms with van der Waals surface area (Å²) in [7, 11) is 0. The lowest BCUT2D eigenvalue weighted by molar-refractivity contribution is -0.163. The maximum absolute atomic E-state index is 12.4. The van der Waals surface area contributed by atoms with Crippen molar-refractivity contribution in [1.82, 2.24) is 0 Å². The van der Waals surface area contributed by atoms with Crippen LogP contribution in [0.5, 0.6) is 0 Å². The van der Waals surface area contributed by atoms with Gasteiger partial charge >= 0.3 is 5.97 Å². The van der Waals surface area contributed by atoms with E-state index in [2.05, 4.69) is 0 Å². The van der Waals surface area contributed by atoms with Crippen LogP contribution in [0.2, 0.25) is 0 Å². The molecule has 0 fully saturated rings. The molecule has 0 bridgehead atoms. The minimum atomic E-state index is -1.07. The van der Waals surface area contributed by atoms with Crippen LogP contribution in [0.25, 0.3) is 0 Å². The molecule has 0 N–H and O–H groups in total. The van der Waals surface area contributed by atoms with Crippen molar-refractivity contribution in [3.05, 3.63) is 35.9 Å².